The third-order valence-corrected chi connectivity index (χ3v) is 6.88. The lowest BCUT2D eigenvalue weighted by Crippen LogP contribution is -2.22. The van der Waals surface area contributed by atoms with Gasteiger partial charge in [-0.2, -0.15) is 0 Å². The fourth-order valence-electron chi connectivity index (χ4n) is 4.02. The number of anilines is 1. The van der Waals surface area contributed by atoms with Crippen molar-refractivity contribution in [2.45, 2.75) is 11.6 Å². The highest BCUT2D eigenvalue weighted by atomic mass is 32.2. The zero-order valence-electron chi connectivity index (χ0n) is 22.6. The summed E-state index contributed by atoms with van der Waals surface area (Å²) >= 11 is 1.21. The van der Waals surface area contributed by atoms with Crippen molar-refractivity contribution in [3.8, 4) is 34.4 Å². The van der Waals surface area contributed by atoms with E-state index >= 15 is 0 Å². The molecule has 0 aliphatic carbocycles. The molecule has 1 heterocycles. The van der Waals surface area contributed by atoms with Crippen LogP contribution in [0.5, 0.6) is 28.7 Å². The summed E-state index contributed by atoms with van der Waals surface area (Å²) in [6.45, 7) is 0. The van der Waals surface area contributed by atoms with Crippen LogP contribution < -0.4 is 34.6 Å². The molecule has 0 spiro atoms. The molecule has 1 amide bonds. The maximum Gasteiger partial charge on any atom is 0.266 e. The Morgan fingerprint density at radius 2 is 1.48 bits per heavy atom. The highest BCUT2D eigenvalue weighted by Crippen LogP contribution is 2.40. The van der Waals surface area contributed by atoms with Crippen LogP contribution >= 0.6 is 11.8 Å². The lowest BCUT2D eigenvalue weighted by molar-refractivity contribution is -0.115. The number of halogens is 1. The van der Waals surface area contributed by atoms with Gasteiger partial charge in [0.15, 0.2) is 28.2 Å². The van der Waals surface area contributed by atoms with Gasteiger partial charge < -0.3 is 29.0 Å². The van der Waals surface area contributed by atoms with Gasteiger partial charge in [-0.1, -0.05) is 11.8 Å². The molecule has 4 aromatic rings. The SMILES string of the molecule is COc1cc2nc(SCCC(=O)Nc3cc(OC)c(OC)c(OC)c3)n(-c3ccc(F)cc3)c(=O)c2cc1OC. The fraction of sp³-hybridized carbons (Fsp3) is 0.250. The van der Waals surface area contributed by atoms with Crippen molar-refractivity contribution >= 4 is 34.3 Å². The third kappa shape index (κ3) is 5.91. The number of amides is 1. The number of fused-ring (bicyclic) bond motifs is 1. The highest BCUT2D eigenvalue weighted by Gasteiger charge is 2.18. The Bertz CT molecular complexity index is 1570. The van der Waals surface area contributed by atoms with Crippen LogP contribution in [0.15, 0.2) is 58.5 Å². The molecule has 3 aromatic carbocycles. The summed E-state index contributed by atoms with van der Waals surface area (Å²) in [6.07, 6.45) is 0.102. The first-order valence-electron chi connectivity index (χ1n) is 12.0. The van der Waals surface area contributed by atoms with Crippen LogP contribution in [0.25, 0.3) is 16.6 Å². The lowest BCUT2D eigenvalue weighted by atomic mass is 10.2. The van der Waals surface area contributed by atoms with Crippen molar-refractivity contribution in [3.63, 3.8) is 0 Å². The van der Waals surface area contributed by atoms with Crippen molar-refractivity contribution in [3.05, 3.63) is 64.7 Å². The molecule has 0 aliphatic heterocycles. The number of hydrogen-bond donors (Lipinski definition) is 1. The Kier molecular flexibility index (Phi) is 9.00. The van der Waals surface area contributed by atoms with E-state index in [1.54, 1.807) is 24.3 Å². The molecule has 1 aromatic heterocycles. The number of carbonyl (C=O) groups excluding carboxylic acids is 1. The number of methoxy groups -OCH3 is 5. The van der Waals surface area contributed by atoms with E-state index in [1.165, 1.54) is 76.1 Å². The molecule has 0 atom stereocenters. The van der Waals surface area contributed by atoms with E-state index in [-0.39, 0.29) is 17.9 Å². The highest BCUT2D eigenvalue weighted by molar-refractivity contribution is 7.99. The standard InChI is InChI=1S/C28H28FN3O7S/c1-35-21-14-19-20(15-22(21)36-2)31-28(32(27(19)34)18-8-6-16(29)7-9-18)40-11-10-25(33)30-17-12-23(37-3)26(39-5)24(13-17)38-4/h6-9,12-15H,10-11H2,1-5H3,(H,30,33). The maximum atomic E-state index is 13.6. The predicted octanol–water partition coefficient (Wildman–Crippen LogP) is 4.69. The summed E-state index contributed by atoms with van der Waals surface area (Å²) in [5, 5.41) is 3.45. The van der Waals surface area contributed by atoms with Crippen molar-refractivity contribution in [1.29, 1.82) is 0 Å². The van der Waals surface area contributed by atoms with Crippen molar-refractivity contribution in [2.75, 3.05) is 46.6 Å². The summed E-state index contributed by atoms with van der Waals surface area (Å²) in [6, 6.07) is 11.9. The molecule has 0 saturated heterocycles. The lowest BCUT2D eigenvalue weighted by Gasteiger charge is -2.15. The molecular weight excluding hydrogens is 541 g/mol. The first-order valence-corrected chi connectivity index (χ1v) is 13.0. The predicted molar refractivity (Wildman–Crippen MR) is 150 cm³/mol. The fourth-order valence-corrected chi connectivity index (χ4v) is 4.97. The van der Waals surface area contributed by atoms with Gasteiger partial charge in [-0.15, -0.1) is 0 Å². The van der Waals surface area contributed by atoms with Gasteiger partial charge in [0, 0.05) is 36.1 Å². The molecule has 10 nitrogen and oxygen atoms in total. The number of nitrogens with zero attached hydrogens (tertiary/aromatic N) is 2. The van der Waals surface area contributed by atoms with E-state index in [0.29, 0.717) is 61.9 Å². The normalized spacial score (nSPS) is 10.8. The van der Waals surface area contributed by atoms with E-state index in [9.17, 15) is 14.0 Å². The van der Waals surface area contributed by atoms with Crippen molar-refractivity contribution in [2.24, 2.45) is 0 Å². The molecule has 0 radical (unpaired) electrons. The van der Waals surface area contributed by atoms with Crippen LogP contribution in [-0.2, 0) is 4.79 Å². The number of aromatic nitrogens is 2. The molecule has 0 aliphatic rings. The largest absolute Gasteiger partial charge is 0.493 e. The van der Waals surface area contributed by atoms with E-state index in [1.807, 2.05) is 0 Å². The number of ether oxygens (including phenoxy) is 5. The molecule has 210 valence electrons. The van der Waals surface area contributed by atoms with Crippen LogP contribution in [0, 0.1) is 5.82 Å². The van der Waals surface area contributed by atoms with Crippen molar-refractivity contribution in [1.82, 2.24) is 9.55 Å². The quantitative estimate of drug-likeness (QED) is 0.203. The summed E-state index contributed by atoms with van der Waals surface area (Å²) < 4.78 is 41.7. The van der Waals surface area contributed by atoms with E-state index in [4.69, 9.17) is 23.7 Å². The number of rotatable bonds is 11. The van der Waals surface area contributed by atoms with Gasteiger partial charge in [0.05, 0.1) is 52.1 Å². The number of thioether (sulfide) groups is 1. The zero-order valence-corrected chi connectivity index (χ0v) is 23.4. The van der Waals surface area contributed by atoms with Crippen LogP contribution in [0.1, 0.15) is 6.42 Å². The minimum atomic E-state index is -0.436. The average molecular weight is 570 g/mol. The second kappa shape index (κ2) is 12.6. The van der Waals surface area contributed by atoms with Gasteiger partial charge in [0.2, 0.25) is 11.7 Å². The zero-order chi connectivity index (χ0) is 28.8. The van der Waals surface area contributed by atoms with E-state index in [2.05, 4.69) is 10.3 Å². The van der Waals surface area contributed by atoms with Crippen molar-refractivity contribution < 1.29 is 32.9 Å². The summed E-state index contributed by atoms with van der Waals surface area (Å²) in [5.41, 5.74) is 0.921. The Hall–Kier alpha value is -4.45. The number of benzene rings is 3. The smallest absolute Gasteiger partial charge is 0.266 e. The Morgan fingerprint density at radius 1 is 0.875 bits per heavy atom. The molecule has 0 bridgehead atoms. The van der Waals surface area contributed by atoms with Crippen LogP contribution in [0.4, 0.5) is 10.1 Å². The van der Waals surface area contributed by atoms with Gasteiger partial charge in [-0.05, 0) is 30.3 Å². The molecule has 12 heteroatoms. The Morgan fingerprint density at radius 3 is 2.05 bits per heavy atom. The topological polar surface area (TPSA) is 110 Å². The minimum Gasteiger partial charge on any atom is -0.493 e. The van der Waals surface area contributed by atoms with Crippen LogP contribution in [-0.4, -0.2) is 56.8 Å². The molecule has 40 heavy (non-hydrogen) atoms. The van der Waals surface area contributed by atoms with Gasteiger partial charge in [-0.25, -0.2) is 9.37 Å². The summed E-state index contributed by atoms with van der Waals surface area (Å²) in [7, 11) is 7.44. The number of carbonyl (C=O) groups is 1. The Labute approximate surface area is 234 Å². The van der Waals surface area contributed by atoms with E-state index in [0.717, 1.165) is 0 Å². The average Bonchev–Trinajstić information content (AvgIpc) is 2.96. The summed E-state index contributed by atoms with van der Waals surface area (Å²) in [4.78, 5) is 31.1. The first kappa shape index (κ1) is 28.6. The maximum absolute atomic E-state index is 13.6. The van der Waals surface area contributed by atoms with Gasteiger partial charge in [-0.3, -0.25) is 14.2 Å². The van der Waals surface area contributed by atoms with E-state index < -0.39 is 5.82 Å². The minimum absolute atomic E-state index is 0.102. The molecule has 0 fully saturated rings. The third-order valence-electron chi connectivity index (χ3n) is 5.94. The van der Waals surface area contributed by atoms with Crippen LogP contribution in [0.3, 0.4) is 0 Å². The monoisotopic (exact) mass is 569 g/mol. The molecule has 0 saturated carbocycles. The Balaban J connectivity index is 1.62. The van der Waals surface area contributed by atoms with Gasteiger partial charge in [0.25, 0.3) is 5.56 Å². The van der Waals surface area contributed by atoms with Gasteiger partial charge in [0.1, 0.15) is 5.82 Å². The number of nitrogens with one attached hydrogen (secondary N) is 1. The molecule has 1 N–H and O–H groups in total. The molecular formula is C28H28FN3O7S. The number of hydrogen-bond acceptors (Lipinski definition) is 9. The van der Waals surface area contributed by atoms with Gasteiger partial charge >= 0.3 is 0 Å². The molecule has 4 rings (SSSR count). The second-order valence-corrected chi connectivity index (χ2v) is 9.36. The first-order chi connectivity index (χ1) is 19.3. The second-order valence-electron chi connectivity index (χ2n) is 8.30. The molecule has 0 unspecified atom stereocenters. The van der Waals surface area contributed by atoms with Crippen LogP contribution in [0.2, 0.25) is 0 Å². The summed E-state index contributed by atoms with van der Waals surface area (Å²) in [5.74, 6) is 1.60.